The first kappa shape index (κ1) is 13.3. The Morgan fingerprint density at radius 2 is 1.80 bits per heavy atom. The molecule has 20 heavy (non-hydrogen) atoms. The molecule has 0 aliphatic heterocycles. The first-order valence-electron chi connectivity index (χ1n) is 6.61. The Balaban J connectivity index is 1.83. The predicted octanol–water partition coefficient (Wildman–Crippen LogP) is 5.42. The van der Waals surface area contributed by atoms with Crippen molar-refractivity contribution in [3.63, 3.8) is 0 Å². The molecule has 1 heterocycles. The fourth-order valence-electron chi connectivity index (χ4n) is 2.41. The van der Waals surface area contributed by atoms with Gasteiger partial charge in [-0.05, 0) is 43.2 Å². The van der Waals surface area contributed by atoms with Gasteiger partial charge in [-0.2, -0.15) is 0 Å². The van der Waals surface area contributed by atoms with E-state index in [1.54, 1.807) is 0 Å². The summed E-state index contributed by atoms with van der Waals surface area (Å²) in [5.41, 5.74) is 5.73. The molecule has 0 atom stereocenters. The van der Waals surface area contributed by atoms with Crippen LogP contribution in [-0.2, 0) is 6.54 Å². The number of aryl methyl sites for hydroxylation is 2. The minimum Gasteiger partial charge on any atom is -0.464 e. The highest BCUT2D eigenvalue weighted by Crippen LogP contribution is 2.26. The molecule has 0 radical (unpaired) electrons. The molecule has 3 heteroatoms. The maximum atomic E-state index is 5.56. The van der Waals surface area contributed by atoms with Crippen molar-refractivity contribution < 1.29 is 4.42 Å². The normalized spacial score (nSPS) is 10.9. The van der Waals surface area contributed by atoms with Gasteiger partial charge < -0.3 is 9.73 Å². The Morgan fingerprint density at radius 1 is 1.10 bits per heavy atom. The Bertz CT molecular complexity index is 738. The number of halogens is 1. The summed E-state index contributed by atoms with van der Waals surface area (Å²) in [4.78, 5) is 0. The molecule has 1 aromatic heterocycles. The number of hydrogen-bond donors (Lipinski definition) is 1. The van der Waals surface area contributed by atoms with Gasteiger partial charge >= 0.3 is 0 Å². The maximum absolute atomic E-state index is 5.56. The van der Waals surface area contributed by atoms with E-state index in [1.165, 1.54) is 26.5 Å². The van der Waals surface area contributed by atoms with Crippen LogP contribution in [-0.4, -0.2) is 0 Å². The van der Waals surface area contributed by atoms with Gasteiger partial charge in [0, 0.05) is 27.7 Å². The third-order valence-corrected chi connectivity index (χ3v) is 4.73. The van der Waals surface area contributed by atoms with Crippen LogP contribution >= 0.6 is 15.9 Å². The van der Waals surface area contributed by atoms with Crippen LogP contribution in [0.2, 0.25) is 0 Å². The van der Waals surface area contributed by atoms with E-state index in [1.807, 2.05) is 24.5 Å². The van der Waals surface area contributed by atoms with Crippen LogP contribution < -0.4 is 5.32 Å². The molecule has 3 aromatic rings. The van der Waals surface area contributed by atoms with Gasteiger partial charge in [0.15, 0.2) is 0 Å². The molecule has 1 N–H and O–H groups in total. The second-order valence-corrected chi connectivity index (χ2v) is 5.83. The Kier molecular flexibility index (Phi) is 3.53. The van der Waals surface area contributed by atoms with Crippen LogP contribution in [0.4, 0.5) is 5.69 Å². The quantitative estimate of drug-likeness (QED) is 0.693. The minimum absolute atomic E-state index is 0.761. The first-order chi connectivity index (χ1) is 9.65. The standard InChI is InChI=1S/C17H16BrNO/c1-11-7-14(8-12(2)17(11)18)19-9-13-10-20-16-6-4-3-5-15(13)16/h3-8,10,19H,9H2,1-2H3. The summed E-state index contributed by atoms with van der Waals surface area (Å²) < 4.78 is 6.73. The number of anilines is 1. The van der Waals surface area contributed by atoms with E-state index in [2.05, 4.69) is 53.3 Å². The molecular formula is C17H16BrNO. The van der Waals surface area contributed by atoms with Crippen molar-refractivity contribution in [2.75, 3.05) is 5.32 Å². The van der Waals surface area contributed by atoms with E-state index >= 15 is 0 Å². The molecule has 0 saturated heterocycles. The third-order valence-electron chi connectivity index (χ3n) is 3.48. The molecule has 0 unspecified atom stereocenters. The van der Waals surface area contributed by atoms with Crippen molar-refractivity contribution >= 4 is 32.6 Å². The number of nitrogens with one attached hydrogen (secondary N) is 1. The highest BCUT2D eigenvalue weighted by molar-refractivity contribution is 9.10. The van der Waals surface area contributed by atoms with Crippen molar-refractivity contribution in [3.05, 3.63) is 63.8 Å². The Labute approximate surface area is 126 Å². The van der Waals surface area contributed by atoms with Crippen LogP contribution in [0.15, 0.2) is 51.6 Å². The largest absolute Gasteiger partial charge is 0.464 e. The van der Waals surface area contributed by atoms with E-state index in [0.717, 1.165) is 17.8 Å². The number of para-hydroxylation sites is 1. The molecular weight excluding hydrogens is 314 g/mol. The molecule has 0 aliphatic rings. The average molecular weight is 330 g/mol. The maximum Gasteiger partial charge on any atom is 0.134 e. The van der Waals surface area contributed by atoms with Crippen molar-refractivity contribution in [3.8, 4) is 0 Å². The van der Waals surface area contributed by atoms with Crippen molar-refractivity contribution in [1.29, 1.82) is 0 Å². The zero-order chi connectivity index (χ0) is 14.1. The number of hydrogen-bond acceptors (Lipinski definition) is 2. The lowest BCUT2D eigenvalue weighted by Crippen LogP contribution is -1.99. The van der Waals surface area contributed by atoms with E-state index in [4.69, 9.17) is 4.42 Å². The van der Waals surface area contributed by atoms with Gasteiger partial charge in [-0.1, -0.05) is 34.1 Å². The van der Waals surface area contributed by atoms with Crippen LogP contribution in [0.25, 0.3) is 11.0 Å². The third kappa shape index (κ3) is 2.46. The van der Waals surface area contributed by atoms with Gasteiger partial charge in [-0.25, -0.2) is 0 Å². The zero-order valence-electron chi connectivity index (χ0n) is 11.5. The fraction of sp³-hybridized carbons (Fsp3) is 0.176. The molecule has 2 aromatic carbocycles. The second kappa shape index (κ2) is 5.33. The average Bonchev–Trinajstić information content (AvgIpc) is 2.85. The molecule has 0 spiro atoms. The lowest BCUT2D eigenvalue weighted by Gasteiger charge is -2.10. The molecule has 0 fully saturated rings. The molecule has 0 amide bonds. The number of fused-ring (bicyclic) bond motifs is 1. The monoisotopic (exact) mass is 329 g/mol. The predicted molar refractivity (Wildman–Crippen MR) is 87.2 cm³/mol. The summed E-state index contributed by atoms with van der Waals surface area (Å²) in [5.74, 6) is 0. The molecule has 0 bridgehead atoms. The van der Waals surface area contributed by atoms with Crippen LogP contribution in [0.3, 0.4) is 0 Å². The second-order valence-electron chi connectivity index (χ2n) is 5.03. The highest BCUT2D eigenvalue weighted by Gasteiger charge is 2.06. The summed E-state index contributed by atoms with van der Waals surface area (Å²) in [6.45, 7) is 4.97. The van der Waals surface area contributed by atoms with Gasteiger partial charge in [0.25, 0.3) is 0 Å². The van der Waals surface area contributed by atoms with Crippen LogP contribution in [0.5, 0.6) is 0 Å². The highest BCUT2D eigenvalue weighted by atomic mass is 79.9. The van der Waals surface area contributed by atoms with Gasteiger partial charge in [-0.3, -0.25) is 0 Å². The number of rotatable bonds is 3. The van der Waals surface area contributed by atoms with Gasteiger partial charge in [-0.15, -0.1) is 0 Å². The number of benzene rings is 2. The topological polar surface area (TPSA) is 25.2 Å². The van der Waals surface area contributed by atoms with Gasteiger partial charge in [0.2, 0.25) is 0 Å². The lowest BCUT2D eigenvalue weighted by atomic mass is 10.1. The van der Waals surface area contributed by atoms with E-state index in [9.17, 15) is 0 Å². The summed E-state index contributed by atoms with van der Waals surface area (Å²) in [7, 11) is 0. The number of furan rings is 1. The van der Waals surface area contributed by atoms with Crippen LogP contribution in [0.1, 0.15) is 16.7 Å². The first-order valence-corrected chi connectivity index (χ1v) is 7.40. The molecule has 0 saturated carbocycles. The minimum atomic E-state index is 0.761. The van der Waals surface area contributed by atoms with Gasteiger partial charge in [0.05, 0.1) is 6.26 Å². The lowest BCUT2D eigenvalue weighted by molar-refractivity contribution is 0.611. The fourth-order valence-corrected chi connectivity index (χ4v) is 2.64. The SMILES string of the molecule is Cc1cc(NCc2coc3ccccc23)cc(C)c1Br. The van der Waals surface area contributed by atoms with Crippen molar-refractivity contribution in [2.45, 2.75) is 20.4 Å². The molecule has 2 nitrogen and oxygen atoms in total. The van der Waals surface area contributed by atoms with Crippen LogP contribution in [0, 0.1) is 13.8 Å². The van der Waals surface area contributed by atoms with E-state index in [0.29, 0.717) is 0 Å². The molecule has 3 rings (SSSR count). The summed E-state index contributed by atoms with van der Waals surface area (Å²) in [6, 6.07) is 12.4. The Hall–Kier alpha value is -1.74. The summed E-state index contributed by atoms with van der Waals surface area (Å²) >= 11 is 3.59. The zero-order valence-corrected chi connectivity index (χ0v) is 13.1. The molecule has 0 aliphatic carbocycles. The van der Waals surface area contributed by atoms with Gasteiger partial charge in [0.1, 0.15) is 5.58 Å². The Morgan fingerprint density at radius 3 is 2.55 bits per heavy atom. The molecule has 102 valence electrons. The smallest absolute Gasteiger partial charge is 0.134 e. The summed E-state index contributed by atoms with van der Waals surface area (Å²) in [5, 5.41) is 4.64. The van der Waals surface area contributed by atoms with E-state index in [-0.39, 0.29) is 0 Å². The summed E-state index contributed by atoms with van der Waals surface area (Å²) in [6.07, 6.45) is 1.83. The van der Waals surface area contributed by atoms with Crippen molar-refractivity contribution in [1.82, 2.24) is 0 Å². The van der Waals surface area contributed by atoms with Crippen molar-refractivity contribution in [2.24, 2.45) is 0 Å². The van der Waals surface area contributed by atoms with E-state index < -0.39 is 0 Å².